The lowest BCUT2D eigenvalue weighted by molar-refractivity contribution is 0.187. The van der Waals surface area contributed by atoms with Crippen molar-refractivity contribution in [3.8, 4) is 0 Å². The molecule has 1 aliphatic heterocycles. The average molecular weight is 466 g/mol. The Hall–Kier alpha value is -2.91. The van der Waals surface area contributed by atoms with Crippen LogP contribution in [0.2, 0.25) is 0 Å². The first kappa shape index (κ1) is 21.9. The van der Waals surface area contributed by atoms with Crippen LogP contribution in [0.15, 0.2) is 48.5 Å². The molecule has 0 bridgehead atoms. The normalized spacial score (nSPS) is 16.4. The molecule has 0 spiro atoms. The standard InChI is InChI=1S/C24H28FN7S/c1-4-24(2,3)32-22(27-28-29-32)21(17-9-11-18(25)12-10-17)30-13-15-31(16-14-30)23-26-19-7-5-6-8-20(19)33-23/h5-12,21H,4,13-16H2,1-3H3/t21-/m0/s1. The van der Waals surface area contributed by atoms with Gasteiger partial charge in [-0.3, -0.25) is 4.90 Å². The predicted molar refractivity (Wildman–Crippen MR) is 129 cm³/mol. The van der Waals surface area contributed by atoms with Crippen LogP contribution in [0.4, 0.5) is 9.52 Å². The van der Waals surface area contributed by atoms with Crippen LogP contribution in [0.3, 0.4) is 0 Å². The highest BCUT2D eigenvalue weighted by molar-refractivity contribution is 7.22. The molecule has 5 rings (SSSR count). The summed E-state index contributed by atoms with van der Waals surface area (Å²) in [7, 11) is 0. The quantitative estimate of drug-likeness (QED) is 0.418. The highest BCUT2D eigenvalue weighted by Gasteiger charge is 2.34. The molecule has 1 fully saturated rings. The molecule has 0 unspecified atom stereocenters. The summed E-state index contributed by atoms with van der Waals surface area (Å²) in [4.78, 5) is 9.57. The summed E-state index contributed by atoms with van der Waals surface area (Å²) in [6.45, 7) is 9.79. The summed E-state index contributed by atoms with van der Waals surface area (Å²) in [5.41, 5.74) is 1.82. The van der Waals surface area contributed by atoms with E-state index in [0.717, 1.165) is 54.6 Å². The number of nitrogens with zero attached hydrogens (tertiary/aromatic N) is 7. The molecule has 0 amide bonds. The molecule has 33 heavy (non-hydrogen) atoms. The maximum atomic E-state index is 13.7. The summed E-state index contributed by atoms with van der Waals surface area (Å²) in [6.07, 6.45) is 0.895. The van der Waals surface area contributed by atoms with Gasteiger partial charge >= 0.3 is 0 Å². The van der Waals surface area contributed by atoms with Crippen molar-refractivity contribution >= 4 is 26.7 Å². The van der Waals surface area contributed by atoms with E-state index in [-0.39, 0.29) is 17.4 Å². The van der Waals surface area contributed by atoms with Crippen molar-refractivity contribution in [2.75, 3.05) is 31.1 Å². The van der Waals surface area contributed by atoms with E-state index in [1.54, 1.807) is 11.3 Å². The van der Waals surface area contributed by atoms with E-state index < -0.39 is 0 Å². The van der Waals surface area contributed by atoms with Crippen LogP contribution < -0.4 is 4.90 Å². The Morgan fingerprint density at radius 2 is 1.76 bits per heavy atom. The smallest absolute Gasteiger partial charge is 0.186 e. The molecular weight excluding hydrogens is 437 g/mol. The third-order valence-corrected chi connectivity index (χ3v) is 7.69. The van der Waals surface area contributed by atoms with Gasteiger partial charge in [0.25, 0.3) is 0 Å². The summed E-state index contributed by atoms with van der Waals surface area (Å²) in [5.74, 6) is 0.550. The number of thiazole rings is 1. The van der Waals surface area contributed by atoms with Crippen molar-refractivity contribution in [1.82, 2.24) is 30.1 Å². The van der Waals surface area contributed by atoms with Crippen LogP contribution in [-0.2, 0) is 5.54 Å². The van der Waals surface area contributed by atoms with Crippen LogP contribution in [0.1, 0.15) is 44.6 Å². The number of halogens is 1. The zero-order chi connectivity index (χ0) is 23.0. The van der Waals surface area contributed by atoms with Gasteiger partial charge in [0.05, 0.1) is 21.8 Å². The summed E-state index contributed by atoms with van der Waals surface area (Å²) in [6, 6.07) is 14.8. The maximum absolute atomic E-state index is 13.7. The second kappa shape index (κ2) is 8.79. The van der Waals surface area contributed by atoms with Crippen LogP contribution in [0, 0.1) is 5.82 Å². The van der Waals surface area contributed by atoms with E-state index in [1.165, 1.54) is 16.8 Å². The molecule has 1 saturated heterocycles. The van der Waals surface area contributed by atoms with Crippen molar-refractivity contribution in [3.63, 3.8) is 0 Å². The number of aromatic nitrogens is 5. The first-order valence-electron chi connectivity index (χ1n) is 11.3. The Kier molecular flexibility index (Phi) is 5.84. The van der Waals surface area contributed by atoms with Gasteiger partial charge < -0.3 is 4.90 Å². The minimum absolute atomic E-state index is 0.149. The fourth-order valence-electron chi connectivity index (χ4n) is 4.28. The van der Waals surface area contributed by atoms with Crippen LogP contribution in [0.25, 0.3) is 10.2 Å². The molecule has 172 valence electrons. The number of hydrogen-bond donors (Lipinski definition) is 0. The number of tetrazole rings is 1. The Morgan fingerprint density at radius 3 is 2.45 bits per heavy atom. The highest BCUT2D eigenvalue weighted by atomic mass is 32.1. The van der Waals surface area contributed by atoms with Crippen LogP contribution in [-0.4, -0.2) is 56.3 Å². The topological polar surface area (TPSA) is 63.0 Å². The minimum Gasteiger partial charge on any atom is -0.345 e. The number of rotatable bonds is 6. The van der Waals surface area contributed by atoms with Gasteiger partial charge in [-0.15, -0.1) is 5.10 Å². The van der Waals surface area contributed by atoms with Gasteiger partial charge in [-0.2, -0.15) is 0 Å². The van der Waals surface area contributed by atoms with E-state index in [9.17, 15) is 4.39 Å². The number of fused-ring (bicyclic) bond motifs is 1. The molecule has 7 nitrogen and oxygen atoms in total. The predicted octanol–water partition coefficient (Wildman–Crippen LogP) is 4.48. The Morgan fingerprint density at radius 1 is 1.03 bits per heavy atom. The molecule has 0 N–H and O–H groups in total. The number of anilines is 1. The number of para-hydroxylation sites is 1. The lowest BCUT2D eigenvalue weighted by Crippen LogP contribution is -2.48. The van der Waals surface area contributed by atoms with E-state index in [0.29, 0.717) is 0 Å². The van der Waals surface area contributed by atoms with Gasteiger partial charge in [-0.25, -0.2) is 14.1 Å². The van der Waals surface area contributed by atoms with Crippen LogP contribution >= 0.6 is 11.3 Å². The molecule has 2 aromatic heterocycles. The van der Waals surface area contributed by atoms with Crippen molar-refractivity contribution in [2.24, 2.45) is 0 Å². The molecule has 4 aromatic rings. The number of benzene rings is 2. The second-order valence-electron chi connectivity index (χ2n) is 9.06. The zero-order valence-corrected chi connectivity index (χ0v) is 20.0. The van der Waals surface area contributed by atoms with Crippen LogP contribution in [0.5, 0.6) is 0 Å². The third kappa shape index (κ3) is 4.22. The fourth-order valence-corrected chi connectivity index (χ4v) is 5.30. The van der Waals surface area contributed by atoms with Gasteiger partial charge in [-0.1, -0.05) is 42.5 Å². The Balaban J connectivity index is 1.43. The largest absolute Gasteiger partial charge is 0.345 e. The minimum atomic E-state index is -0.244. The van der Waals surface area contributed by atoms with Gasteiger partial charge in [-0.05, 0) is 60.5 Å². The lowest BCUT2D eigenvalue weighted by Gasteiger charge is -2.39. The Bertz CT molecular complexity index is 1190. The van der Waals surface area contributed by atoms with E-state index in [1.807, 2.05) is 22.9 Å². The lowest BCUT2D eigenvalue weighted by atomic mass is 9.99. The van der Waals surface area contributed by atoms with Crippen molar-refractivity contribution in [3.05, 3.63) is 65.7 Å². The molecule has 9 heteroatoms. The SMILES string of the molecule is CCC(C)(C)n1nnnc1[C@H](c1ccc(F)cc1)N1CCN(c2nc3ccccc3s2)CC1. The number of piperazine rings is 1. The molecule has 1 aliphatic rings. The molecule has 2 aromatic carbocycles. The van der Waals surface area contributed by atoms with E-state index in [2.05, 4.69) is 64.3 Å². The van der Waals surface area contributed by atoms with Crippen molar-refractivity contribution in [2.45, 2.75) is 38.8 Å². The average Bonchev–Trinajstić information content (AvgIpc) is 3.49. The molecule has 1 atom stereocenters. The van der Waals surface area contributed by atoms with Gasteiger partial charge in [0.15, 0.2) is 11.0 Å². The summed E-state index contributed by atoms with van der Waals surface area (Å²) in [5, 5.41) is 13.9. The fraction of sp³-hybridized carbons (Fsp3) is 0.417. The first-order chi connectivity index (χ1) is 16.0. The van der Waals surface area contributed by atoms with Gasteiger partial charge in [0, 0.05) is 26.2 Å². The highest BCUT2D eigenvalue weighted by Crippen LogP contribution is 2.34. The third-order valence-electron chi connectivity index (χ3n) is 6.60. The van der Waals surface area contributed by atoms with E-state index >= 15 is 0 Å². The molecule has 0 aliphatic carbocycles. The zero-order valence-electron chi connectivity index (χ0n) is 19.1. The first-order valence-corrected chi connectivity index (χ1v) is 12.2. The molecule has 3 heterocycles. The second-order valence-corrected chi connectivity index (χ2v) is 10.1. The maximum Gasteiger partial charge on any atom is 0.186 e. The summed E-state index contributed by atoms with van der Waals surface area (Å²) >= 11 is 1.74. The van der Waals surface area contributed by atoms with Crippen molar-refractivity contribution in [1.29, 1.82) is 0 Å². The molecule has 0 radical (unpaired) electrons. The molecule has 0 saturated carbocycles. The Labute approximate surface area is 196 Å². The van der Waals surface area contributed by atoms with Gasteiger partial charge in [0.2, 0.25) is 0 Å². The van der Waals surface area contributed by atoms with Gasteiger partial charge in [0.1, 0.15) is 5.82 Å². The van der Waals surface area contributed by atoms with E-state index in [4.69, 9.17) is 4.98 Å². The number of hydrogen-bond acceptors (Lipinski definition) is 7. The summed E-state index contributed by atoms with van der Waals surface area (Å²) < 4.78 is 16.9. The monoisotopic (exact) mass is 465 g/mol. The molecular formula is C24H28FN7S. The van der Waals surface area contributed by atoms with Crippen molar-refractivity contribution < 1.29 is 4.39 Å².